The Morgan fingerprint density at radius 3 is 2.79 bits per heavy atom. The summed E-state index contributed by atoms with van der Waals surface area (Å²) in [5.41, 5.74) is 1.75. The quantitative estimate of drug-likeness (QED) is 0.719. The first-order valence-electron chi connectivity index (χ1n) is 7.78. The Kier molecular flexibility index (Phi) is 4.25. The molecule has 1 aromatic carbocycles. The summed E-state index contributed by atoms with van der Waals surface area (Å²) in [5, 5.41) is 0.285. The third-order valence-corrected chi connectivity index (χ3v) is 3.97. The maximum Gasteiger partial charge on any atom is 0.337 e. The second-order valence-electron chi connectivity index (χ2n) is 5.61. The van der Waals surface area contributed by atoms with Crippen LogP contribution < -0.4 is 21.4 Å². The summed E-state index contributed by atoms with van der Waals surface area (Å²) >= 11 is 0. The first kappa shape index (κ1) is 16.0. The van der Waals surface area contributed by atoms with Crippen molar-refractivity contribution in [3.8, 4) is 6.01 Å². The van der Waals surface area contributed by atoms with Crippen LogP contribution in [0.2, 0.25) is 0 Å². The Labute approximate surface area is 138 Å². The minimum atomic E-state index is -0.532. The molecule has 0 amide bonds. The minimum Gasteiger partial charge on any atom is -0.457 e. The number of nitrogens with one attached hydrogen (secondary N) is 1. The summed E-state index contributed by atoms with van der Waals surface area (Å²) in [6.07, 6.45) is 0.222. The van der Waals surface area contributed by atoms with Gasteiger partial charge in [-0.1, -0.05) is 36.7 Å². The highest BCUT2D eigenvalue weighted by Gasteiger charge is 2.15. The molecule has 0 unspecified atom stereocenters. The van der Waals surface area contributed by atoms with Crippen molar-refractivity contribution in [2.75, 3.05) is 0 Å². The fraction of sp³-hybridized carbons (Fsp3) is 0.235. The number of nitrogens with zero attached hydrogens (tertiary/aromatic N) is 1. The number of rotatable bonds is 4. The van der Waals surface area contributed by atoms with E-state index in [1.807, 2.05) is 46.0 Å². The summed E-state index contributed by atoms with van der Waals surface area (Å²) in [7, 11) is 1.98. The summed E-state index contributed by atoms with van der Waals surface area (Å²) in [4.78, 5) is 30.7. The molecular formula is C17H17BN2O4. The molecule has 1 N–H and O–H groups in total. The fourth-order valence-corrected chi connectivity index (χ4v) is 2.74. The van der Waals surface area contributed by atoms with Crippen molar-refractivity contribution in [3.63, 3.8) is 0 Å². The van der Waals surface area contributed by atoms with Gasteiger partial charge in [0.05, 0.1) is 0 Å². The Morgan fingerprint density at radius 1 is 1.33 bits per heavy atom. The number of aromatic amines is 1. The summed E-state index contributed by atoms with van der Waals surface area (Å²) in [5.74, 6) is 0. The molecule has 0 bridgehead atoms. The third-order valence-electron chi connectivity index (χ3n) is 3.97. The van der Waals surface area contributed by atoms with Crippen LogP contribution in [-0.2, 0) is 6.42 Å². The number of aromatic nitrogens is 2. The van der Waals surface area contributed by atoms with E-state index in [9.17, 15) is 9.59 Å². The predicted molar refractivity (Wildman–Crippen MR) is 93.9 cm³/mol. The lowest BCUT2D eigenvalue weighted by Gasteiger charge is -2.16. The number of fused-ring (bicyclic) bond motifs is 1. The van der Waals surface area contributed by atoms with Gasteiger partial charge in [-0.25, -0.2) is 4.79 Å². The average Bonchev–Trinajstić information content (AvgIpc) is 2.53. The molecule has 6 nitrogen and oxygen atoms in total. The highest BCUT2D eigenvalue weighted by atomic mass is 16.5. The molecule has 7 heteroatoms. The lowest BCUT2D eigenvalue weighted by Crippen LogP contribution is -2.19. The molecule has 0 aliphatic carbocycles. The van der Waals surface area contributed by atoms with Crippen LogP contribution in [0.1, 0.15) is 31.1 Å². The SMILES string of the molecule is Bc1ccccc1[C@H](C)Oc1nc2oc(=O)cc(CC)c2c(=O)[nH]1. The molecule has 0 aliphatic rings. The molecule has 122 valence electrons. The van der Waals surface area contributed by atoms with Crippen LogP contribution in [0.15, 0.2) is 44.3 Å². The first-order valence-corrected chi connectivity index (χ1v) is 7.78. The molecule has 0 spiro atoms. The van der Waals surface area contributed by atoms with E-state index in [-0.39, 0.29) is 28.8 Å². The Balaban J connectivity index is 2.04. The maximum atomic E-state index is 12.3. The molecule has 0 aliphatic heterocycles. The Bertz CT molecular complexity index is 1010. The minimum absolute atomic E-state index is 0.00455. The average molecular weight is 324 g/mol. The van der Waals surface area contributed by atoms with Crippen molar-refractivity contribution in [2.24, 2.45) is 0 Å². The van der Waals surface area contributed by atoms with Gasteiger partial charge in [0.15, 0.2) is 0 Å². The van der Waals surface area contributed by atoms with Crippen LogP contribution in [-0.4, -0.2) is 17.8 Å². The van der Waals surface area contributed by atoms with Crippen molar-refractivity contribution in [3.05, 3.63) is 62.2 Å². The van der Waals surface area contributed by atoms with E-state index < -0.39 is 5.63 Å². The fourth-order valence-electron chi connectivity index (χ4n) is 2.74. The normalized spacial score (nSPS) is 12.2. The smallest absolute Gasteiger partial charge is 0.337 e. The van der Waals surface area contributed by atoms with Gasteiger partial charge >= 0.3 is 5.63 Å². The second-order valence-corrected chi connectivity index (χ2v) is 5.61. The zero-order valence-corrected chi connectivity index (χ0v) is 13.8. The van der Waals surface area contributed by atoms with Gasteiger partial charge in [-0.2, -0.15) is 4.98 Å². The maximum absolute atomic E-state index is 12.3. The van der Waals surface area contributed by atoms with E-state index in [1.54, 1.807) is 0 Å². The lowest BCUT2D eigenvalue weighted by molar-refractivity contribution is 0.208. The van der Waals surface area contributed by atoms with Gasteiger partial charge in [0, 0.05) is 6.07 Å². The van der Waals surface area contributed by atoms with Crippen LogP contribution in [0.3, 0.4) is 0 Å². The van der Waals surface area contributed by atoms with Gasteiger partial charge in [0.25, 0.3) is 11.6 Å². The number of hydrogen-bond acceptors (Lipinski definition) is 5. The van der Waals surface area contributed by atoms with Crippen molar-refractivity contribution in [1.82, 2.24) is 9.97 Å². The van der Waals surface area contributed by atoms with Gasteiger partial charge in [-0.3, -0.25) is 9.78 Å². The molecule has 3 aromatic rings. The van der Waals surface area contributed by atoms with E-state index in [0.29, 0.717) is 12.0 Å². The van der Waals surface area contributed by atoms with E-state index >= 15 is 0 Å². The van der Waals surface area contributed by atoms with Crippen molar-refractivity contribution in [1.29, 1.82) is 0 Å². The molecule has 24 heavy (non-hydrogen) atoms. The molecule has 0 radical (unpaired) electrons. The Hall–Kier alpha value is -2.83. The number of ether oxygens (including phenoxy) is 1. The third kappa shape index (κ3) is 2.97. The van der Waals surface area contributed by atoms with Gasteiger partial charge in [-0.05, 0) is 24.5 Å². The summed E-state index contributed by atoms with van der Waals surface area (Å²) in [6, 6.07) is 9.15. The molecular weight excluding hydrogens is 307 g/mol. The number of aryl methyl sites for hydroxylation is 1. The second kappa shape index (κ2) is 6.35. The lowest BCUT2D eigenvalue weighted by atomic mass is 9.88. The van der Waals surface area contributed by atoms with Crippen molar-refractivity contribution in [2.45, 2.75) is 26.4 Å². The van der Waals surface area contributed by atoms with E-state index in [0.717, 1.165) is 11.0 Å². The van der Waals surface area contributed by atoms with Gasteiger partial charge < -0.3 is 9.15 Å². The van der Waals surface area contributed by atoms with Crippen LogP contribution in [0.25, 0.3) is 11.1 Å². The molecule has 3 rings (SSSR count). The van der Waals surface area contributed by atoms with E-state index in [4.69, 9.17) is 9.15 Å². The largest absolute Gasteiger partial charge is 0.457 e. The summed E-state index contributed by atoms with van der Waals surface area (Å²) in [6.45, 7) is 3.73. The van der Waals surface area contributed by atoms with Gasteiger partial charge in [0.2, 0.25) is 5.71 Å². The molecule has 1 atom stereocenters. The van der Waals surface area contributed by atoms with Crippen LogP contribution in [0, 0.1) is 0 Å². The topological polar surface area (TPSA) is 85.2 Å². The summed E-state index contributed by atoms with van der Waals surface area (Å²) < 4.78 is 10.8. The first-order chi connectivity index (χ1) is 11.5. The van der Waals surface area contributed by atoms with E-state index in [2.05, 4.69) is 9.97 Å². The Morgan fingerprint density at radius 2 is 2.08 bits per heavy atom. The zero-order chi connectivity index (χ0) is 17.3. The number of benzene rings is 1. The van der Waals surface area contributed by atoms with Crippen LogP contribution in [0.5, 0.6) is 6.01 Å². The molecule has 0 saturated carbocycles. The van der Waals surface area contributed by atoms with E-state index in [1.165, 1.54) is 6.07 Å². The van der Waals surface area contributed by atoms with Crippen LogP contribution >= 0.6 is 0 Å². The molecule has 2 aromatic heterocycles. The zero-order valence-electron chi connectivity index (χ0n) is 13.8. The van der Waals surface area contributed by atoms with Crippen molar-refractivity contribution < 1.29 is 9.15 Å². The standard InChI is InChI=1S/C17H17BN2O4/c1-3-10-8-13(21)24-16-14(10)15(22)19-17(20-16)23-9(2)11-6-4-5-7-12(11)18/h4-9H,3,18H2,1-2H3,(H,19,20,22)/t9-/m0/s1. The molecule has 0 saturated heterocycles. The number of hydrogen-bond donors (Lipinski definition) is 1. The highest BCUT2D eigenvalue weighted by Crippen LogP contribution is 2.18. The van der Waals surface area contributed by atoms with Gasteiger partial charge in [0.1, 0.15) is 19.3 Å². The van der Waals surface area contributed by atoms with Crippen LogP contribution in [0.4, 0.5) is 0 Å². The monoisotopic (exact) mass is 324 g/mol. The predicted octanol–water partition coefficient (Wildman–Crippen LogP) is 0.837. The molecule has 0 fully saturated rings. The van der Waals surface area contributed by atoms with Crippen molar-refractivity contribution >= 4 is 24.4 Å². The highest BCUT2D eigenvalue weighted by molar-refractivity contribution is 6.33. The molecule has 2 heterocycles. The van der Waals surface area contributed by atoms with Gasteiger partial charge in [-0.15, -0.1) is 0 Å². The number of H-pyrrole nitrogens is 1.